The number of rotatable bonds is 3. The van der Waals surface area contributed by atoms with Gasteiger partial charge in [-0.1, -0.05) is 0 Å². The molecule has 0 bridgehead atoms. The molecule has 5 heteroatoms. The minimum absolute atomic E-state index is 0.0593. The number of halogens is 2. The van der Waals surface area contributed by atoms with E-state index in [1.54, 1.807) is 11.9 Å². The summed E-state index contributed by atoms with van der Waals surface area (Å²) < 4.78 is 26.0. The Kier molecular flexibility index (Phi) is 4.12. The van der Waals surface area contributed by atoms with Crippen LogP contribution in [-0.4, -0.2) is 35.9 Å². The van der Waals surface area contributed by atoms with Crippen molar-refractivity contribution < 1.29 is 13.6 Å². The Hall–Kier alpha value is -0.710. The van der Waals surface area contributed by atoms with E-state index < -0.39 is 11.5 Å². The molecular weight excluding hydrogens is 226 g/mol. The summed E-state index contributed by atoms with van der Waals surface area (Å²) in [5, 5.41) is 0. The SMILES string of the molecule is CN(C(=O)C1CCC(F)(F)CC1)C(C)(C)CN. The van der Waals surface area contributed by atoms with E-state index >= 15 is 0 Å². The highest BCUT2D eigenvalue weighted by molar-refractivity contribution is 5.79. The number of likely N-dealkylation sites (N-methyl/N-ethyl adjacent to an activating group) is 1. The standard InChI is InChI=1S/C12H22F2N2O/c1-11(2,8-15)16(3)10(17)9-4-6-12(13,14)7-5-9/h9H,4-8,15H2,1-3H3. The molecule has 2 N–H and O–H groups in total. The molecule has 0 saturated heterocycles. The minimum atomic E-state index is -2.58. The molecular formula is C12H22F2N2O. The van der Waals surface area contributed by atoms with Crippen LogP contribution in [0.25, 0.3) is 0 Å². The molecule has 1 saturated carbocycles. The number of nitrogens with zero attached hydrogens (tertiary/aromatic N) is 1. The van der Waals surface area contributed by atoms with E-state index in [-0.39, 0.29) is 37.5 Å². The molecule has 1 aliphatic carbocycles. The molecule has 1 rings (SSSR count). The molecule has 0 atom stereocenters. The number of hydrogen-bond acceptors (Lipinski definition) is 2. The van der Waals surface area contributed by atoms with Gasteiger partial charge in [-0.25, -0.2) is 8.78 Å². The summed E-state index contributed by atoms with van der Waals surface area (Å²) in [5.74, 6) is -2.92. The molecule has 0 radical (unpaired) electrons. The molecule has 1 amide bonds. The zero-order valence-electron chi connectivity index (χ0n) is 10.8. The van der Waals surface area contributed by atoms with Crippen molar-refractivity contribution >= 4 is 5.91 Å². The monoisotopic (exact) mass is 248 g/mol. The molecule has 0 unspecified atom stereocenters. The van der Waals surface area contributed by atoms with E-state index in [1.165, 1.54) is 0 Å². The van der Waals surface area contributed by atoms with Crippen LogP contribution in [-0.2, 0) is 4.79 Å². The van der Waals surface area contributed by atoms with Gasteiger partial charge in [-0.15, -0.1) is 0 Å². The van der Waals surface area contributed by atoms with Gasteiger partial charge >= 0.3 is 0 Å². The number of amides is 1. The predicted molar refractivity (Wildman–Crippen MR) is 62.8 cm³/mol. The van der Waals surface area contributed by atoms with Gasteiger partial charge in [0.05, 0.1) is 0 Å². The number of carbonyl (C=O) groups is 1. The highest BCUT2D eigenvalue weighted by atomic mass is 19.3. The van der Waals surface area contributed by atoms with Gasteiger partial charge in [-0.3, -0.25) is 4.79 Å². The van der Waals surface area contributed by atoms with Crippen molar-refractivity contribution in [3.05, 3.63) is 0 Å². The highest BCUT2D eigenvalue weighted by Crippen LogP contribution is 2.37. The second-order valence-corrected chi connectivity index (χ2v) is 5.54. The van der Waals surface area contributed by atoms with Crippen LogP contribution in [0.5, 0.6) is 0 Å². The van der Waals surface area contributed by atoms with Crippen LogP contribution in [0.2, 0.25) is 0 Å². The third-order valence-corrected chi connectivity index (χ3v) is 3.80. The minimum Gasteiger partial charge on any atom is -0.339 e. The van der Waals surface area contributed by atoms with Gasteiger partial charge in [0.1, 0.15) is 0 Å². The lowest BCUT2D eigenvalue weighted by atomic mass is 9.85. The van der Waals surface area contributed by atoms with Gasteiger partial charge in [-0.2, -0.15) is 0 Å². The van der Waals surface area contributed by atoms with Crippen LogP contribution in [0, 0.1) is 5.92 Å². The van der Waals surface area contributed by atoms with Gasteiger partial charge < -0.3 is 10.6 Å². The first-order chi connectivity index (χ1) is 7.69. The van der Waals surface area contributed by atoms with Crippen molar-refractivity contribution in [3.8, 4) is 0 Å². The Morgan fingerprint density at radius 1 is 1.41 bits per heavy atom. The molecule has 17 heavy (non-hydrogen) atoms. The molecule has 0 aromatic carbocycles. The fraction of sp³-hybridized carbons (Fsp3) is 0.917. The van der Waals surface area contributed by atoms with Crippen LogP contribution in [0.1, 0.15) is 39.5 Å². The Bertz CT molecular complexity index is 282. The number of alkyl halides is 2. The third-order valence-electron chi connectivity index (χ3n) is 3.80. The van der Waals surface area contributed by atoms with E-state index in [0.717, 1.165) is 0 Å². The van der Waals surface area contributed by atoms with E-state index in [9.17, 15) is 13.6 Å². The van der Waals surface area contributed by atoms with Crippen LogP contribution in [0.4, 0.5) is 8.78 Å². The van der Waals surface area contributed by atoms with Crippen molar-refractivity contribution in [1.82, 2.24) is 4.90 Å². The van der Waals surface area contributed by atoms with Crippen molar-refractivity contribution in [2.75, 3.05) is 13.6 Å². The molecule has 1 aliphatic rings. The maximum atomic E-state index is 13.0. The van der Waals surface area contributed by atoms with Gasteiger partial charge in [-0.05, 0) is 26.7 Å². The Morgan fingerprint density at radius 3 is 2.29 bits per heavy atom. The van der Waals surface area contributed by atoms with E-state index in [2.05, 4.69) is 0 Å². The van der Waals surface area contributed by atoms with E-state index in [1.807, 2.05) is 13.8 Å². The van der Waals surface area contributed by atoms with E-state index in [0.29, 0.717) is 6.54 Å². The van der Waals surface area contributed by atoms with Crippen LogP contribution >= 0.6 is 0 Å². The second kappa shape index (κ2) is 4.88. The Morgan fingerprint density at radius 2 is 1.88 bits per heavy atom. The summed E-state index contributed by atoms with van der Waals surface area (Å²) in [5.41, 5.74) is 5.18. The fourth-order valence-electron chi connectivity index (χ4n) is 2.00. The average molecular weight is 248 g/mol. The van der Waals surface area contributed by atoms with Gasteiger partial charge in [0, 0.05) is 37.9 Å². The quantitative estimate of drug-likeness (QED) is 0.830. The van der Waals surface area contributed by atoms with Crippen molar-refractivity contribution in [3.63, 3.8) is 0 Å². The Balaban J connectivity index is 2.60. The zero-order chi connectivity index (χ0) is 13.3. The maximum Gasteiger partial charge on any atom is 0.248 e. The Labute approximate surface area is 101 Å². The van der Waals surface area contributed by atoms with Gasteiger partial charge in [0.25, 0.3) is 0 Å². The first-order valence-corrected chi connectivity index (χ1v) is 6.05. The number of hydrogen-bond donors (Lipinski definition) is 1. The second-order valence-electron chi connectivity index (χ2n) is 5.54. The van der Waals surface area contributed by atoms with Crippen molar-refractivity contribution in [1.29, 1.82) is 0 Å². The summed E-state index contributed by atoms with van der Waals surface area (Å²) in [6, 6.07) is 0. The van der Waals surface area contributed by atoms with Crippen LogP contribution in [0.3, 0.4) is 0 Å². The predicted octanol–water partition coefficient (Wildman–Crippen LogP) is 2.01. The molecule has 0 aromatic heterocycles. The summed E-state index contributed by atoms with van der Waals surface area (Å²) in [7, 11) is 1.70. The largest absolute Gasteiger partial charge is 0.339 e. The maximum absolute atomic E-state index is 13.0. The molecule has 0 spiro atoms. The average Bonchev–Trinajstić information content (AvgIpc) is 2.27. The molecule has 0 aliphatic heterocycles. The molecule has 100 valence electrons. The van der Waals surface area contributed by atoms with Gasteiger partial charge in [0.2, 0.25) is 11.8 Å². The zero-order valence-corrected chi connectivity index (χ0v) is 10.8. The number of nitrogens with two attached hydrogens (primary N) is 1. The third kappa shape index (κ3) is 3.37. The molecule has 0 heterocycles. The summed E-state index contributed by atoms with van der Waals surface area (Å²) in [6.45, 7) is 4.11. The van der Waals surface area contributed by atoms with Crippen LogP contribution < -0.4 is 5.73 Å². The van der Waals surface area contributed by atoms with E-state index in [4.69, 9.17) is 5.73 Å². The van der Waals surface area contributed by atoms with Crippen LogP contribution in [0.15, 0.2) is 0 Å². The first-order valence-electron chi connectivity index (χ1n) is 6.05. The fourth-order valence-corrected chi connectivity index (χ4v) is 2.00. The molecule has 3 nitrogen and oxygen atoms in total. The topological polar surface area (TPSA) is 46.3 Å². The smallest absolute Gasteiger partial charge is 0.248 e. The molecule has 1 fully saturated rings. The van der Waals surface area contributed by atoms with Crippen molar-refractivity contribution in [2.24, 2.45) is 11.7 Å². The molecule has 0 aromatic rings. The lowest BCUT2D eigenvalue weighted by Gasteiger charge is -2.38. The lowest BCUT2D eigenvalue weighted by Crippen LogP contribution is -2.52. The summed E-state index contributed by atoms with van der Waals surface area (Å²) in [4.78, 5) is 13.7. The van der Waals surface area contributed by atoms with Crippen molar-refractivity contribution in [2.45, 2.75) is 51.0 Å². The normalized spacial score (nSPS) is 21.3. The van der Waals surface area contributed by atoms with Gasteiger partial charge in [0.15, 0.2) is 0 Å². The number of carbonyl (C=O) groups excluding carboxylic acids is 1. The summed E-state index contributed by atoms with van der Waals surface area (Å²) >= 11 is 0. The highest BCUT2D eigenvalue weighted by Gasteiger charge is 2.39. The summed E-state index contributed by atoms with van der Waals surface area (Å²) in [6.07, 6.45) is 0.189. The lowest BCUT2D eigenvalue weighted by molar-refractivity contribution is -0.142. The first kappa shape index (κ1) is 14.4.